The molecule has 0 saturated carbocycles. The van der Waals surface area contributed by atoms with Crippen LogP contribution in [0.25, 0.3) is 0 Å². The molecule has 1 saturated heterocycles. The highest BCUT2D eigenvalue weighted by molar-refractivity contribution is 6.31. The van der Waals surface area contributed by atoms with E-state index in [2.05, 4.69) is 43.8 Å². The predicted octanol–water partition coefficient (Wildman–Crippen LogP) is 0.942. The van der Waals surface area contributed by atoms with Gasteiger partial charge in [-0.2, -0.15) is 4.99 Å². The minimum atomic E-state index is -0.734. The van der Waals surface area contributed by atoms with E-state index in [1.807, 2.05) is 12.1 Å². The highest BCUT2D eigenvalue weighted by Gasteiger charge is 2.31. The number of guanidine groups is 1. The maximum absolute atomic E-state index is 12.4. The molecule has 1 aliphatic heterocycles. The second kappa shape index (κ2) is 9.61. The van der Waals surface area contributed by atoms with Crippen LogP contribution in [0.5, 0.6) is 0 Å². The van der Waals surface area contributed by atoms with Crippen LogP contribution in [-0.2, 0) is 6.42 Å². The number of hydrogen-bond donors (Lipinski definition) is 5. The van der Waals surface area contributed by atoms with Crippen molar-refractivity contribution >= 4 is 35.1 Å². The molecule has 0 unspecified atom stereocenters. The average Bonchev–Trinajstić information content (AvgIpc) is 2.75. The molecule has 2 heterocycles. The fourth-order valence-electron chi connectivity index (χ4n) is 3.50. The molecule has 1 aliphatic rings. The zero-order valence-corrected chi connectivity index (χ0v) is 17.3. The molecular formula is C20H25ClN8O. The lowest BCUT2D eigenvalue weighted by atomic mass is 9.74. The van der Waals surface area contributed by atoms with Gasteiger partial charge >= 0.3 is 5.91 Å². The Labute approximate surface area is 180 Å². The van der Waals surface area contributed by atoms with Gasteiger partial charge in [-0.15, -0.1) is 0 Å². The fraction of sp³-hybridized carbons (Fsp3) is 0.400. The van der Waals surface area contributed by atoms with Crippen molar-refractivity contribution in [2.75, 3.05) is 31.1 Å². The van der Waals surface area contributed by atoms with E-state index in [0.29, 0.717) is 6.54 Å². The van der Waals surface area contributed by atoms with Crippen LogP contribution in [-0.4, -0.2) is 41.5 Å². The summed E-state index contributed by atoms with van der Waals surface area (Å²) in [5.41, 5.74) is 18.3. The summed E-state index contributed by atoms with van der Waals surface area (Å²) in [5, 5.41) is 6.37. The summed E-state index contributed by atoms with van der Waals surface area (Å²) >= 11 is 5.82. The molecule has 1 aromatic carbocycles. The molecule has 10 heteroatoms. The molecule has 1 amide bonds. The Morgan fingerprint density at radius 2 is 2.03 bits per heavy atom. The van der Waals surface area contributed by atoms with Gasteiger partial charge in [0.05, 0.1) is 0 Å². The lowest BCUT2D eigenvalue weighted by molar-refractivity contribution is 0.0998. The van der Waals surface area contributed by atoms with Crippen LogP contribution in [0.3, 0.4) is 0 Å². The van der Waals surface area contributed by atoms with Crippen molar-refractivity contribution in [3.63, 3.8) is 0 Å². The van der Waals surface area contributed by atoms with Crippen LogP contribution in [0.4, 0.5) is 11.6 Å². The first-order valence-electron chi connectivity index (χ1n) is 9.67. The predicted molar refractivity (Wildman–Crippen MR) is 117 cm³/mol. The topological polar surface area (TPSA) is 157 Å². The van der Waals surface area contributed by atoms with Crippen LogP contribution >= 0.6 is 11.6 Å². The molecule has 9 nitrogen and oxygen atoms in total. The van der Waals surface area contributed by atoms with E-state index in [-0.39, 0.29) is 33.9 Å². The molecule has 3 rings (SSSR count). The monoisotopic (exact) mass is 428 g/mol. The second-order valence-electron chi connectivity index (χ2n) is 7.38. The van der Waals surface area contributed by atoms with Gasteiger partial charge in [0.15, 0.2) is 28.4 Å². The van der Waals surface area contributed by atoms with Gasteiger partial charge in [-0.05, 0) is 61.9 Å². The molecule has 0 bridgehead atoms. The highest BCUT2D eigenvalue weighted by Crippen LogP contribution is 2.33. The Balaban J connectivity index is 1.65. The number of aliphatic imine (C=N–C) groups is 1. The first-order chi connectivity index (χ1) is 14.4. The average molecular weight is 429 g/mol. The van der Waals surface area contributed by atoms with Crippen molar-refractivity contribution in [1.29, 1.82) is 0 Å². The third-order valence-electron chi connectivity index (χ3n) is 5.30. The Kier molecular flexibility index (Phi) is 6.92. The number of amides is 1. The smallest absolute Gasteiger partial charge is 0.302 e. The van der Waals surface area contributed by atoms with Gasteiger partial charge in [0, 0.05) is 6.54 Å². The Hall–Kier alpha value is -3.09. The Morgan fingerprint density at radius 3 is 2.73 bits per heavy atom. The number of carbonyl (C=O) groups excluding carboxylic acids is 1. The summed E-state index contributed by atoms with van der Waals surface area (Å²) in [6.07, 6.45) is 3.90. The molecule has 1 fully saturated rings. The van der Waals surface area contributed by atoms with Crippen molar-refractivity contribution in [2.24, 2.45) is 16.1 Å². The van der Waals surface area contributed by atoms with Crippen molar-refractivity contribution in [3.8, 4) is 0 Å². The van der Waals surface area contributed by atoms with E-state index in [4.69, 9.17) is 28.8 Å². The number of hydrogen-bond acceptors (Lipinski definition) is 6. The van der Waals surface area contributed by atoms with Crippen LogP contribution < -0.4 is 27.8 Å². The number of nitrogen functional groups attached to an aromatic ring is 2. The van der Waals surface area contributed by atoms with Crippen molar-refractivity contribution in [3.05, 3.63) is 46.7 Å². The van der Waals surface area contributed by atoms with Crippen molar-refractivity contribution < 1.29 is 4.79 Å². The zero-order valence-electron chi connectivity index (χ0n) is 16.5. The Morgan fingerprint density at radius 1 is 1.27 bits per heavy atom. The molecule has 158 valence electrons. The van der Waals surface area contributed by atoms with Gasteiger partial charge in [-0.3, -0.25) is 4.79 Å². The van der Waals surface area contributed by atoms with Gasteiger partial charge in [0.1, 0.15) is 0 Å². The summed E-state index contributed by atoms with van der Waals surface area (Å²) in [6, 6.07) is 11.8. The minimum absolute atomic E-state index is 0.00491. The van der Waals surface area contributed by atoms with E-state index >= 15 is 0 Å². The van der Waals surface area contributed by atoms with E-state index in [1.165, 1.54) is 5.56 Å². The summed E-state index contributed by atoms with van der Waals surface area (Å²) in [7, 11) is 0. The molecular weight excluding hydrogens is 404 g/mol. The minimum Gasteiger partial charge on any atom is -0.382 e. The first kappa shape index (κ1) is 21.6. The number of carbonyl (C=O) groups is 1. The number of nitrogens with zero attached hydrogens (tertiary/aromatic N) is 3. The zero-order chi connectivity index (χ0) is 21.6. The normalized spacial score (nSPS) is 16.0. The lowest BCUT2D eigenvalue weighted by Crippen LogP contribution is -2.46. The van der Waals surface area contributed by atoms with Gasteiger partial charge in [-0.25, -0.2) is 9.97 Å². The maximum Gasteiger partial charge on any atom is 0.302 e. The second-order valence-corrected chi connectivity index (χ2v) is 7.74. The van der Waals surface area contributed by atoms with E-state index in [9.17, 15) is 4.79 Å². The van der Waals surface area contributed by atoms with Crippen LogP contribution in [0.2, 0.25) is 5.15 Å². The summed E-state index contributed by atoms with van der Waals surface area (Å²) in [6.45, 7) is 2.47. The molecule has 30 heavy (non-hydrogen) atoms. The third-order valence-corrected chi connectivity index (χ3v) is 5.58. The number of anilines is 2. The largest absolute Gasteiger partial charge is 0.382 e. The molecule has 0 spiro atoms. The number of halogens is 1. The van der Waals surface area contributed by atoms with Crippen LogP contribution in [0.15, 0.2) is 23.2 Å². The summed E-state index contributed by atoms with van der Waals surface area (Å²) in [5.74, 6) is -0.940. The van der Waals surface area contributed by atoms with Crippen molar-refractivity contribution in [2.45, 2.75) is 25.7 Å². The molecule has 0 radical (unpaired) electrons. The number of rotatable bonds is 6. The van der Waals surface area contributed by atoms with Gasteiger partial charge in [-0.1, -0.05) is 29.8 Å². The highest BCUT2D eigenvalue weighted by atomic mass is 35.5. The SMILES string of the molecule is N/C(=N\C(=O)c1nc(Cl)c(N)nc1N)NCC1(CCc2cc#ccc2)CCNCC1. The summed E-state index contributed by atoms with van der Waals surface area (Å²) < 4.78 is 0. The van der Waals surface area contributed by atoms with E-state index < -0.39 is 5.91 Å². The number of aromatic nitrogens is 2. The number of nitrogens with one attached hydrogen (secondary N) is 2. The van der Waals surface area contributed by atoms with Crippen molar-refractivity contribution in [1.82, 2.24) is 20.6 Å². The maximum atomic E-state index is 12.4. The molecule has 1 aromatic heterocycles. The van der Waals surface area contributed by atoms with E-state index in [0.717, 1.165) is 38.8 Å². The quantitative estimate of drug-likeness (QED) is 0.336. The molecule has 0 atom stereocenters. The molecule has 0 aliphatic carbocycles. The lowest BCUT2D eigenvalue weighted by Gasteiger charge is -2.38. The van der Waals surface area contributed by atoms with Gasteiger partial charge in [0.2, 0.25) is 0 Å². The molecule has 8 N–H and O–H groups in total. The third kappa shape index (κ3) is 5.49. The number of aryl methyl sites for hydroxylation is 1. The van der Waals surface area contributed by atoms with E-state index in [1.54, 1.807) is 0 Å². The Bertz CT molecular complexity index is 913. The number of piperidine rings is 1. The number of nitrogens with two attached hydrogens (primary N) is 3. The summed E-state index contributed by atoms with van der Waals surface area (Å²) in [4.78, 5) is 23.9. The van der Waals surface area contributed by atoms with Gasteiger partial charge in [0.25, 0.3) is 0 Å². The standard InChI is InChI=1S/C20H25ClN8O/c21-15-17(23)28-16(22)14(27-15)18(30)29-19(24)26-12-20(8-10-25-11-9-20)7-6-13-4-2-1-3-5-13/h2,4-5,25H,6-12H2,(H4,22,23,28)(H3,24,26,29,30). The van der Waals surface area contributed by atoms with Gasteiger partial charge < -0.3 is 27.8 Å². The van der Waals surface area contributed by atoms with Crippen LogP contribution in [0.1, 0.15) is 35.3 Å². The van der Waals surface area contributed by atoms with Crippen LogP contribution in [0, 0.1) is 17.5 Å². The first-order valence-corrected chi connectivity index (χ1v) is 10.0. The molecule has 2 aromatic rings. The fourth-order valence-corrected chi connectivity index (χ4v) is 3.62.